The molecule has 122 valence electrons. The predicted octanol–water partition coefficient (Wildman–Crippen LogP) is 0.622. The number of hydrogen-bond acceptors (Lipinski definition) is 4. The van der Waals surface area contributed by atoms with E-state index in [9.17, 15) is 19.8 Å². The number of piperidine rings is 1. The van der Waals surface area contributed by atoms with Gasteiger partial charge in [0.05, 0.1) is 24.7 Å². The lowest BCUT2D eigenvalue weighted by Crippen LogP contribution is -2.51. The number of likely N-dealkylation sites (tertiary alicyclic amines) is 1. The molecule has 1 aliphatic heterocycles. The molecule has 2 amide bonds. The van der Waals surface area contributed by atoms with Gasteiger partial charge < -0.3 is 24.7 Å². The molecule has 0 radical (unpaired) electrons. The first-order valence-corrected chi connectivity index (χ1v) is 7.26. The topological polar surface area (TPSA) is 90.3 Å². The van der Waals surface area contributed by atoms with Gasteiger partial charge in [-0.3, -0.25) is 4.79 Å². The molecule has 1 fully saturated rings. The number of aliphatic hydroxyl groups excluding tert-OH is 1. The van der Waals surface area contributed by atoms with Crippen molar-refractivity contribution < 1.29 is 24.5 Å². The van der Waals surface area contributed by atoms with Gasteiger partial charge in [0.1, 0.15) is 0 Å². The van der Waals surface area contributed by atoms with Gasteiger partial charge in [0.25, 0.3) is 0 Å². The lowest BCUT2D eigenvalue weighted by Gasteiger charge is -2.39. The minimum atomic E-state index is -0.777. The van der Waals surface area contributed by atoms with Crippen molar-refractivity contribution in [1.82, 2.24) is 9.80 Å². The standard InChI is InChI=1S/C14H26N2O5/c1-4-14(12(18)19)5-7-16(8-6-14)13(20)15(2)9-11(17)10-21-3/h11,17H,4-10H2,1-3H3,(H,18,19). The zero-order valence-electron chi connectivity index (χ0n) is 13.0. The number of nitrogens with zero attached hydrogens (tertiary/aromatic N) is 2. The second-order valence-corrected chi connectivity index (χ2v) is 5.70. The minimum Gasteiger partial charge on any atom is -0.481 e. The molecule has 1 atom stereocenters. The van der Waals surface area contributed by atoms with Crippen LogP contribution in [0.1, 0.15) is 26.2 Å². The van der Waals surface area contributed by atoms with E-state index in [1.54, 1.807) is 11.9 Å². The summed E-state index contributed by atoms with van der Waals surface area (Å²) in [7, 11) is 3.12. The third-order valence-electron chi connectivity index (χ3n) is 4.29. The van der Waals surface area contributed by atoms with Gasteiger partial charge in [-0.2, -0.15) is 0 Å². The number of urea groups is 1. The molecule has 0 aromatic carbocycles. The fraction of sp³-hybridized carbons (Fsp3) is 0.857. The maximum Gasteiger partial charge on any atom is 0.319 e. The highest BCUT2D eigenvalue weighted by molar-refractivity contribution is 5.77. The number of amides is 2. The molecule has 0 aliphatic carbocycles. The summed E-state index contributed by atoms with van der Waals surface area (Å²) in [5, 5.41) is 19.0. The van der Waals surface area contributed by atoms with Gasteiger partial charge >= 0.3 is 12.0 Å². The van der Waals surface area contributed by atoms with Crippen LogP contribution in [0.2, 0.25) is 0 Å². The number of carboxylic acids is 1. The van der Waals surface area contributed by atoms with Crippen molar-refractivity contribution in [3.05, 3.63) is 0 Å². The highest BCUT2D eigenvalue weighted by Gasteiger charge is 2.41. The summed E-state index contributed by atoms with van der Waals surface area (Å²) in [5.41, 5.74) is -0.703. The fourth-order valence-corrected chi connectivity index (χ4v) is 2.73. The largest absolute Gasteiger partial charge is 0.481 e. The van der Waals surface area contributed by atoms with Crippen LogP contribution < -0.4 is 0 Å². The Morgan fingerprint density at radius 1 is 1.38 bits per heavy atom. The van der Waals surface area contributed by atoms with Gasteiger partial charge in [-0.25, -0.2) is 4.79 Å². The van der Waals surface area contributed by atoms with Crippen molar-refractivity contribution in [1.29, 1.82) is 0 Å². The van der Waals surface area contributed by atoms with Gasteiger partial charge in [-0.05, 0) is 19.3 Å². The maximum atomic E-state index is 12.3. The number of carbonyl (C=O) groups is 2. The minimum absolute atomic E-state index is 0.176. The molecule has 1 rings (SSSR count). The van der Waals surface area contributed by atoms with E-state index in [-0.39, 0.29) is 19.2 Å². The van der Waals surface area contributed by atoms with Crippen LogP contribution in [0.3, 0.4) is 0 Å². The third kappa shape index (κ3) is 4.31. The van der Waals surface area contributed by atoms with Gasteiger partial charge in [0.2, 0.25) is 0 Å². The normalized spacial score (nSPS) is 19.1. The quantitative estimate of drug-likeness (QED) is 0.751. The number of carboxylic acid groups (broad SMARTS) is 1. The van der Waals surface area contributed by atoms with Crippen molar-refractivity contribution in [3.8, 4) is 0 Å². The number of aliphatic hydroxyl groups is 1. The van der Waals surface area contributed by atoms with Crippen LogP contribution in [0.5, 0.6) is 0 Å². The van der Waals surface area contributed by atoms with Crippen molar-refractivity contribution in [3.63, 3.8) is 0 Å². The fourth-order valence-electron chi connectivity index (χ4n) is 2.73. The van der Waals surface area contributed by atoms with Gasteiger partial charge in [-0.15, -0.1) is 0 Å². The summed E-state index contributed by atoms with van der Waals surface area (Å²) in [4.78, 5) is 26.7. The van der Waals surface area contributed by atoms with E-state index in [4.69, 9.17) is 4.74 Å². The Labute approximate surface area is 125 Å². The van der Waals surface area contributed by atoms with Crippen LogP contribution in [0.15, 0.2) is 0 Å². The molecule has 0 aromatic rings. The lowest BCUT2D eigenvalue weighted by atomic mass is 9.76. The molecule has 1 aliphatic rings. The highest BCUT2D eigenvalue weighted by Crippen LogP contribution is 2.35. The third-order valence-corrected chi connectivity index (χ3v) is 4.29. The van der Waals surface area contributed by atoms with Crippen LogP contribution >= 0.6 is 0 Å². The average Bonchev–Trinajstić information content (AvgIpc) is 2.46. The second-order valence-electron chi connectivity index (χ2n) is 5.70. The smallest absolute Gasteiger partial charge is 0.319 e. The van der Waals surface area contributed by atoms with Crippen LogP contribution in [-0.4, -0.2) is 78.5 Å². The first-order chi connectivity index (χ1) is 9.86. The number of likely N-dealkylation sites (N-methyl/N-ethyl adjacent to an activating group) is 1. The molecule has 1 saturated heterocycles. The number of carbonyl (C=O) groups excluding carboxylic acids is 1. The summed E-state index contributed by atoms with van der Waals surface area (Å²) in [5.74, 6) is -0.777. The van der Waals surface area contributed by atoms with Crippen LogP contribution in [0, 0.1) is 5.41 Å². The van der Waals surface area contributed by atoms with Gasteiger partial charge in [-0.1, -0.05) is 6.92 Å². The summed E-state index contributed by atoms with van der Waals surface area (Å²) in [6, 6.07) is -0.180. The molecule has 0 spiro atoms. The van der Waals surface area contributed by atoms with Crippen molar-refractivity contribution in [2.75, 3.05) is 40.4 Å². The van der Waals surface area contributed by atoms with Crippen molar-refractivity contribution in [2.45, 2.75) is 32.3 Å². The number of ether oxygens (including phenoxy) is 1. The number of hydrogen-bond donors (Lipinski definition) is 2. The molecule has 7 nitrogen and oxygen atoms in total. The van der Waals surface area contributed by atoms with Crippen LogP contribution in [-0.2, 0) is 9.53 Å². The molecule has 0 bridgehead atoms. The SMILES string of the molecule is CCC1(C(=O)O)CCN(C(=O)N(C)CC(O)COC)CC1. The monoisotopic (exact) mass is 302 g/mol. The van der Waals surface area contributed by atoms with Crippen LogP contribution in [0.4, 0.5) is 4.79 Å². The lowest BCUT2D eigenvalue weighted by molar-refractivity contribution is -0.152. The Morgan fingerprint density at radius 2 is 1.95 bits per heavy atom. The molecule has 0 saturated carbocycles. The van der Waals surface area contributed by atoms with Crippen molar-refractivity contribution in [2.24, 2.45) is 5.41 Å². The zero-order chi connectivity index (χ0) is 16.0. The van der Waals surface area contributed by atoms with Crippen LogP contribution in [0.25, 0.3) is 0 Å². The molecule has 7 heteroatoms. The molecule has 1 heterocycles. The van der Waals surface area contributed by atoms with E-state index in [1.165, 1.54) is 12.0 Å². The Balaban J connectivity index is 2.53. The Bertz CT molecular complexity index is 366. The van der Waals surface area contributed by atoms with Crippen molar-refractivity contribution >= 4 is 12.0 Å². The zero-order valence-corrected chi connectivity index (χ0v) is 13.0. The summed E-state index contributed by atoms with van der Waals surface area (Å²) < 4.78 is 4.83. The number of rotatable bonds is 6. The van der Waals surface area contributed by atoms with E-state index in [1.807, 2.05) is 6.92 Å². The Morgan fingerprint density at radius 3 is 2.38 bits per heavy atom. The van der Waals surface area contributed by atoms with Gasteiger partial charge in [0.15, 0.2) is 0 Å². The molecular weight excluding hydrogens is 276 g/mol. The summed E-state index contributed by atoms with van der Waals surface area (Å²) >= 11 is 0. The Hall–Kier alpha value is -1.34. The number of methoxy groups -OCH3 is 1. The summed E-state index contributed by atoms with van der Waals surface area (Å²) in [6.45, 7) is 3.11. The van der Waals surface area contributed by atoms with E-state index in [0.717, 1.165) is 0 Å². The average molecular weight is 302 g/mol. The van der Waals surface area contributed by atoms with E-state index >= 15 is 0 Å². The second kappa shape index (κ2) is 7.61. The first kappa shape index (κ1) is 17.7. The van der Waals surface area contributed by atoms with E-state index in [0.29, 0.717) is 32.4 Å². The maximum absolute atomic E-state index is 12.3. The first-order valence-electron chi connectivity index (χ1n) is 7.26. The highest BCUT2D eigenvalue weighted by atomic mass is 16.5. The molecule has 1 unspecified atom stereocenters. The molecule has 2 N–H and O–H groups in total. The Kier molecular flexibility index (Phi) is 6.42. The predicted molar refractivity (Wildman–Crippen MR) is 77.1 cm³/mol. The van der Waals surface area contributed by atoms with E-state index < -0.39 is 17.5 Å². The van der Waals surface area contributed by atoms with E-state index in [2.05, 4.69) is 0 Å². The molecule has 0 aromatic heterocycles. The molecule has 21 heavy (non-hydrogen) atoms. The number of aliphatic carboxylic acids is 1. The summed E-state index contributed by atoms with van der Waals surface area (Å²) in [6.07, 6.45) is 0.799. The molecular formula is C14H26N2O5. The van der Waals surface area contributed by atoms with Gasteiger partial charge in [0, 0.05) is 27.2 Å².